The van der Waals surface area contributed by atoms with E-state index in [-0.39, 0.29) is 24.2 Å². The normalized spacial score (nSPS) is 11.6. The Morgan fingerprint density at radius 1 is 1.12 bits per heavy atom. The van der Waals surface area contributed by atoms with Crippen molar-refractivity contribution < 1.29 is 14.0 Å². The number of nitrogens with one attached hydrogen (secondary N) is 1. The number of amides is 2. The van der Waals surface area contributed by atoms with Crippen molar-refractivity contribution in [3.63, 3.8) is 0 Å². The molecule has 0 saturated heterocycles. The van der Waals surface area contributed by atoms with Crippen LogP contribution in [-0.2, 0) is 22.7 Å². The molecule has 0 saturated carbocycles. The molecule has 1 aromatic heterocycles. The summed E-state index contributed by atoms with van der Waals surface area (Å²) in [5.41, 5.74) is 1.69. The predicted molar refractivity (Wildman–Crippen MR) is 88.2 cm³/mol. The lowest BCUT2D eigenvalue weighted by molar-refractivity contribution is -0.139. The summed E-state index contributed by atoms with van der Waals surface area (Å²) < 4.78 is 13.0. The zero-order valence-electron chi connectivity index (χ0n) is 13.7. The fourth-order valence-corrected chi connectivity index (χ4v) is 2.29. The van der Waals surface area contributed by atoms with Gasteiger partial charge in [-0.05, 0) is 42.3 Å². The highest BCUT2D eigenvalue weighted by Crippen LogP contribution is 2.10. The van der Waals surface area contributed by atoms with Gasteiger partial charge in [0.1, 0.15) is 11.9 Å². The molecule has 0 unspecified atom stereocenters. The Kier molecular flexibility index (Phi) is 6.01. The average molecular weight is 329 g/mol. The highest BCUT2D eigenvalue weighted by atomic mass is 19.1. The van der Waals surface area contributed by atoms with Crippen molar-refractivity contribution in [3.8, 4) is 0 Å². The Labute approximate surface area is 140 Å². The molecule has 0 spiro atoms. The van der Waals surface area contributed by atoms with Crippen LogP contribution in [0.2, 0.25) is 0 Å². The van der Waals surface area contributed by atoms with Crippen molar-refractivity contribution in [2.45, 2.75) is 33.0 Å². The van der Waals surface area contributed by atoms with E-state index < -0.39 is 6.04 Å². The fourth-order valence-electron chi connectivity index (χ4n) is 2.29. The molecule has 0 radical (unpaired) electrons. The summed E-state index contributed by atoms with van der Waals surface area (Å²) in [4.78, 5) is 29.6. The van der Waals surface area contributed by atoms with Gasteiger partial charge < -0.3 is 10.2 Å². The quantitative estimate of drug-likeness (QED) is 0.884. The van der Waals surface area contributed by atoms with Crippen LogP contribution in [0.1, 0.15) is 25.0 Å². The second-order valence-corrected chi connectivity index (χ2v) is 5.52. The number of pyridine rings is 1. The second kappa shape index (κ2) is 8.19. The molecular formula is C18H20FN3O2. The maximum atomic E-state index is 13.0. The summed E-state index contributed by atoms with van der Waals surface area (Å²) in [6.07, 6.45) is 3.31. The van der Waals surface area contributed by atoms with Gasteiger partial charge in [0.25, 0.3) is 0 Å². The summed E-state index contributed by atoms with van der Waals surface area (Å²) in [6.45, 7) is 3.70. The van der Waals surface area contributed by atoms with Crippen LogP contribution in [0.3, 0.4) is 0 Å². The lowest BCUT2D eigenvalue weighted by Gasteiger charge is -2.27. The van der Waals surface area contributed by atoms with Crippen LogP contribution in [0.25, 0.3) is 0 Å². The zero-order valence-corrected chi connectivity index (χ0v) is 13.7. The fraction of sp³-hybridized carbons (Fsp3) is 0.278. The Hall–Kier alpha value is -2.76. The summed E-state index contributed by atoms with van der Waals surface area (Å²) in [7, 11) is 0. The number of carbonyl (C=O) groups is 2. The summed E-state index contributed by atoms with van der Waals surface area (Å²) >= 11 is 0. The van der Waals surface area contributed by atoms with E-state index in [9.17, 15) is 14.0 Å². The van der Waals surface area contributed by atoms with Crippen molar-refractivity contribution in [3.05, 3.63) is 65.7 Å². The van der Waals surface area contributed by atoms with Crippen LogP contribution in [0.4, 0.5) is 4.39 Å². The third-order valence-electron chi connectivity index (χ3n) is 3.73. The van der Waals surface area contributed by atoms with E-state index in [1.807, 2.05) is 12.1 Å². The lowest BCUT2D eigenvalue weighted by Crippen LogP contribution is -2.46. The van der Waals surface area contributed by atoms with E-state index in [0.717, 1.165) is 11.1 Å². The van der Waals surface area contributed by atoms with E-state index in [1.165, 1.54) is 24.0 Å². The minimum atomic E-state index is -0.630. The number of hydrogen-bond acceptors (Lipinski definition) is 3. The Bertz CT molecular complexity index is 689. The van der Waals surface area contributed by atoms with Crippen molar-refractivity contribution in [2.24, 2.45) is 0 Å². The number of benzene rings is 1. The zero-order chi connectivity index (χ0) is 17.5. The summed E-state index contributed by atoms with van der Waals surface area (Å²) in [6, 6.07) is 8.87. The molecule has 0 bridgehead atoms. The van der Waals surface area contributed by atoms with Crippen LogP contribution >= 0.6 is 0 Å². The van der Waals surface area contributed by atoms with Gasteiger partial charge in [0, 0.05) is 32.4 Å². The van der Waals surface area contributed by atoms with E-state index >= 15 is 0 Å². The predicted octanol–water partition coefficient (Wildman–Crippen LogP) is 2.27. The van der Waals surface area contributed by atoms with Gasteiger partial charge in [-0.3, -0.25) is 14.6 Å². The van der Waals surface area contributed by atoms with Crippen LogP contribution in [-0.4, -0.2) is 27.7 Å². The largest absolute Gasteiger partial charge is 0.350 e. The second-order valence-electron chi connectivity index (χ2n) is 5.52. The first-order valence-electron chi connectivity index (χ1n) is 7.65. The highest BCUT2D eigenvalue weighted by molar-refractivity contribution is 5.86. The number of nitrogens with zero attached hydrogens (tertiary/aromatic N) is 2. The third-order valence-corrected chi connectivity index (χ3v) is 3.73. The van der Waals surface area contributed by atoms with Crippen molar-refractivity contribution in [1.82, 2.24) is 15.2 Å². The van der Waals surface area contributed by atoms with Gasteiger partial charge in [0.05, 0.1) is 0 Å². The maximum absolute atomic E-state index is 13.0. The Balaban J connectivity index is 1.99. The van der Waals surface area contributed by atoms with E-state index in [4.69, 9.17) is 0 Å². The molecular weight excluding hydrogens is 309 g/mol. The standard InChI is InChI=1S/C18H20FN3O2/c1-13(18(24)21-11-15-7-9-20-10-8-15)22(14(2)23)12-16-3-5-17(19)6-4-16/h3-10,13H,11-12H2,1-2H3,(H,21,24)/t13-/m1/s1. The molecule has 1 N–H and O–H groups in total. The number of carbonyl (C=O) groups excluding carboxylic acids is 2. The van der Waals surface area contributed by atoms with Gasteiger partial charge in [-0.2, -0.15) is 0 Å². The number of rotatable bonds is 6. The first kappa shape index (κ1) is 17.6. The van der Waals surface area contributed by atoms with Crippen molar-refractivity contribution >= 4 is 11.8 Å². The molecule has 126 valence electrons. The molecule has 1 heterocycles. The molecule has 0 aliphatic carbocycles. The van der Waals surface area contributed by atoms with Crippen molar-refractivity contribution in [1.29, 1.82) is 0 Å². The third kappa shape index (κ3) is 4.87. The molecule has 0 aliphatic rings. The highest BCUT2D eigenvalue weighted by Gasteiger charge is 2.23. The van der Waals surface area contributed by atoms with Gasteiger partial charge in [-0.1, -0.05) is 12.1 Å². The molecule has 6 heteroatoms. The van der Waals surface area contributed by atoms with Crippen molar-refractivity contribution in [2.75, 3.05) is 0 Å². The van der Waals surface area contributed by atoms with Crippen LogP contribution in [0.15, 0.2) is 48.8 Å². The monoisotopic (exact) mass is 329 g/mol. The molecule has 1 atom stereocenters. The van der Waals surface area contributed by atoms with Crippen LogP contribution in [0, 0.1) is 5.82 Å². The van der Waals surface area contributed by atoms with Gasteiger partial charge in [0.2, 0.25) is 11.8 Å². The maximum Gasteiger partial charge on any atom is 0.242 e. The van der Waals surface area contributed by atoms with Crippen LogP contribution < -0.4 is 5.32 Å². The van der Waals surface area contributed by atoms with Gasteiger partial charge in [-0.15, -0.1) is 0 Å². The molecule has 2 rings (SSSR count). The molecule has 24 heavy (non-hydrogen) atoms. The van der Waals surface area contributed by atoms with Gasteiger partial charge >= 0.3 is 0 Å². The first-order valence-corrected chi connectivity index (χ1v) is 7.65. The Morgan fingerprint density at radius 2 is 1.75 bits per heavy atom. The van der Waals surface area contributed by atoms with Gasteiger partial charge in [-0.25, -0.2) is 4.39 Å². The summed E-state index contributed by atoms with van der Waals surface area (Å²) in [5.74, 6) is -0.800. The minimum Gasteiger partial charge on any atom is -0.350 e. The minimum absolute atomic E-state index is 0.217. The smallest absolute Gasteiger partial charge is 0.242 e. The number of halogens is 1. The van der Waals surface area contributed by atoms with E-state index in [2.05, 4.69) is 10.3 Å². The Morgan fingerprint density at radius 3 is 2.33 bits per heavy atom. The summed E-state index contributed by atoms with van der Waals surface area (Å²) in [5, 5.41) is 2.81. The van der Waals surface area contributed by atoms with Crippen LogP contribution in [0.5, 0.6) is 0 Å². The van der Waals surface area contributed by atoms with E-state index in [1.54, 1.807) is 31.5 Å². The molecule has 0 fully saturated rings. The topological polar surface area (TPSA) is 62.3 Å². The van der Waals surface area contributed by atoms with E-state index in [0.29, 0.717) is 6.54 Å². The SMILES string of the molecule is CC(=O)N(Cc1ccc(F)cc1)[C@H](C)C(=O)NCc1ccncc1. The number of aromatic nitrogens is 1. The lowest BCUT2D eigenvalue weighted by atomic mass is 10.1. The average Bonchev–Trinajstić information content (AvgIpc) is 2.59. The molecule has 2 aromatic rings. The molecule has 2 amide bonds. The number of hydrogen-bond donors (Lipinski definition) is 1. The molecule has 5 nitrogen and oxygen atoms in total. The first-order chi connectivity index (χ1) is 11.5. The molecule has 0 aliphatic heterocycles. The van der Waals surface area contributed by atoms with Gasteiger partial charge in [0.15, 0.2) is 0 Å². The molecule has 1 aromatic carbocycles.